The molecule has 12 heavy (non-hydrogen) atoms. The average molecular weight is 180 g/mol. The molecule has 0 aromatic rings. The summed E-state index contributed by atoms with van der Waals surface area (Å²) in [4.78, 5) is 0. The number of rotatable bonds is 3. The van der Waals surface area contributed by atoms with Gasteiger partial charge in [0.25, 0.3) is 0 Å². The fraction of sp³-hybridized carbons (Fsp3) is 1.00. The van der Waals surface area contributed by atoms with Crippen LogP contribution in [0.15, 0.2) is 0 Å². The number of aliphatic hydroxyl groups excluding tert-OH is 1. The minimum Gasteiger partial charge on any atom is -0.393 e. The summed E-state index contributed by atoms with van der Waals surface area (Å²) in [6.07, 6.45) is -4.97. The van der Waals surface area contributed by atoms with Gasteiger partial charge in [0, 0.05) is 0 Å². The fourth-order valence-electron chi connectivity index (χ4n) is 1.49. The van der Waals surface area contributed by atoms with Gasteiger partial charge in [0.2, 0.25) is 0 Å². The normalized spacial score (nSPS) is 23.4. The molecule has 1 fully saturated rings. The van der Waals surface area contributed by atoms with Crippen LogP contribution in [-0.2, 0) is 0 Å². The van der Waals surface area contributed by atoms with Crippen LogP contribution in [0.4, 0.5) is 13.2 Å². The Balaban J connectivity index is 2.60. The van der Waals surface area contributed by atoms with Crippen molar-refractivity contribution in [2.24, 2.45) is 5.41 Å². The van der Waals surface area contributed by atoms with E-state index >= 15 is 0 Å². The molecule has 1 rings (SSSR count). The molecule has 1 aliphatic rings. The minimum atomic E-state index is -4.22. The SMILES string of the molecule is CBCC(O)C1(C(F)(F)F)CC1. The maximum atomic E-state index is 12.3. The van der Waals surface area contributed by atoms with Gasteiger partial charge in [-0.3, -0.25) is 0 Å². The molecule has 1 N–H and O–H groups in total. The molecule has 0 saturated heterocycles. The average Bonchev–Trinajstić information content (AvgIpc) is 2.63. The quantitative estimate of drug-likeness (QED) is 0.653. The summed E-state index contributed by atoms with van der Waals surface area (Å²) in [6, 6.07) is 0. The molecule has 5 heteroatoms. The van der Waals surface area contributed by atoms with Crippen LogP contribution in [0, 0.1) is 5.41 Å². The second-order valence-electron chi connectivity index (χ2n) is 3.46. The second-order valence-corrected chi connectivity index (χ2v) is 3.46. The Bertz CT molecular complexity index is 165. The van der Waals surface area contributed by atoms with Gasteiger partial charge in [-0.15, -0.1) is 0 Å². The highest BCUT2D eigenvalue weighted by Crippen LogP contribution is 2.60. The molecule has 70 valence electrons. The molecule has 0 aromatic carbocycles. The van der Waals surface area contributed by atoms with Crippen LogP contribution in [0.2, 0.25) is 13.1 Å². The zero-order valence-corrected chi connectivity index (χ0v) is 6.99. The van der Waals surface area contributed by atoms with Crippen LogP contribution in [0.5, 0.6) is 0 Å². The summed E-state index contributed by atoms with van der Waals surface area (Å²) in [6.45, 7) is 1.77. The highest BCUT2D eigenvalue weighted by Gasteiger charge is 2.66. The summed E-state index contributed by atoms with van der Waals surface area (Å²) in [5, 5.41) is 9.26. The number of aliphatic hydroxyl groups is 1. The Kier molecular flexibility index (Phi) is 2.43. The topological polar surface area (TPSA) is 20.2 Å². The van der Waals surface area contributed by atoms with Crippen molar-refractivity contribution in [1.82, 2.24) is 0 Å². The van der Waals surface area contributed by atoms with Crippen LogP contribution < -0.4 is 0 Å². The molecular formula is C7H12BF3O. The molecule has 1 unspecified atom stereocenters. The Morgan fingerprint density at radius 1 is 1.50 bits per heavy atom. The molecule has 1 atom stereocenters. The summed E-state index contributed by atoms with van der Waals surface area (Å²) in [7, 11) is 0.596. The van der Waals surface area contributed by atoms with Crippen LogP contribution in [-0.4, -0.2) is 24.7 Å². The van der Waals surface area contributed by atoms with E-state index in [1.54, 1.807) is 6.82 Å². The van der Waals surface area contributed by atoms with Gasteiger partial charge in [-0.1, -0.05) is 13.1 Å². The van der Waals surface area contributed by atoms with E-state index in [1.807, 2.05) is 0 Å². The third-order valence-electron chi connectivity index (χ3n) is 2.55. The molecule has 0 heterocycles. The lowest BCUT2D eigenvalue weighted by molar-refractivity contribution is -0.211. The summed E-state index contributed by atoms with van der Waals surface area (Å²) in [5.74, 6) is 0. The number of halogens is 3. The van der Waals surface area contributed by atoms with Gasteiger partial charge in [0.1, 0.15) is 7.28 Å². The van der Waals surface area contributed by atoms with Crippen molar-refractivity contribution in [2.75, 3.05) is 0 Å². The first-order valence-electron chi connectivity index (χ1n) is 4.19. The van der Waals surface area contributed by atoms with Crippen molar-refractivity contribution in [3.63, 3.8) is 0 Å². The van der Waals surface area contributed by atoms with E-state index in [9.17, 15) is 18.3 Å². The second kappa shape index (κ2) is 2.94. The molecule has 0 aromatic heterocycles. The molecular weight excluding hydrogens is 168 g/mol. The largest absolute Gasteiger partial charge is 0.396 e. The van der Waals surface area contributed by atoms with Gasteiger partial charge in [-0.05, 0) is 12.8 Å². The highest BCUT2D eigenvalue weighted by molar-refractivity contribution is 6.33. The Labute approximate surface area is 70.2 Å². The Morgan fingerprint density at radius 3 is 2.25 bits per heavy atom. The lowest BCUT2D eigenvalue weighted by atomic mass is 9.72. The van der Waals surface area contributed by atoms with Crippen LogP contribution >= 0.6 is 0 Å². The molecule has 0 bridgehead atoms. The van der Waals surface area contributed by atoms with Gasteiger partial charge in [0.05, 0.1) is 11.5 Å². The molecule has 1 saturated carbocycles. The molecule has 0 aliphatic heterocycles. The lowest BCUT2D eigenvalue weighted by Gasteiger charge is -2.24. The molecule has 0 amide bonds. The predicted octanol–water partition coefficient (Wildman–Crippen LogP) is 1.59. The van der Waals surface area contributed by atoms with E-state index < -0.39 is 17.7 Å². The van der Waals surface area contributed by atoms with Crippen molar-refractivity contribution >= 4 is 7.28 Å². The number of alkyl halides is 3. The van der Waals surface area contributed by atoms with Gasteiger partial charge in [0.15, 0.2) is 0 Å². The van der Waals surface area contributed by atoms with E-state index in [0.717, 1.165) is 0 Å². The maximum Gasteiger partial charge on any atom is 0.396 e. The lowest BCUT2D eigenvalue weighted by Crippen LogP contribution is -2.36. The third kappa shape index (κ3) is 1.47. The molecule has 1 aliphatic carbocycles. The maximum absolute atomic E-state index is 12.3. The van der Waals surface area contributed by atoms with E-state index in [4.69, 9.17) is 0 Å². The fourth-order valence-corrected chi connectivity index (χ4v) is 1.49. The number of hydrogen-bond acceptors (Lipinski definition) is 1. The van der Waals surface area contributed by atoms with E-state index in [-0.39, 0.29) is 19.2 Å². The van der Waals surface area contributed by atoms with E-state index in [0.29, 0.717) is 7.28 Å². The predicted molar refractivity (Wildman–Crippen MR) is 41.5 cm³/mol. The van der Waals surface area contributed by atoms with Gasteiger partial charge >= 0.3 is 6.18 Å². The van der Waals surface area contributed by atoms with Gasteiger partial charge in [-0.25, -0.2) is 0 Å². The van der Waals surface area contributed by atoms with Gasteiger partial charge in [-0.2, -0.15) is 13.2 Å². The smallest absolute Gasteiger partial charge is 0.393 e. The van der Waals surface area contributed by atoms with Crippen molar-refractivity contribution < 1.29 is 18.3 Å². The van der Waals surface area contributed by atoms with E-state index in [1.165, 1.54) is 0 Å². The first-order chi connectivity index (χ1) is 5.44. The summed E-state index contributed by atoms with van der Waals surface area (Å²) < 4.78 is 36.9. The zero-order valence-electron chi connectivity index (χ0n) is 6.99. The first kappa shape index (κ1) is 9.90. The monoisotopic (exact) mass is 180 g/mol. The highest BCUT2D eigenvalue weighted by atomic mass is 19.4. The van der Waals surface area contributed by atoms with E-state index in [2.05, 4.69) is 0 Å². The van der Waals surface area contributed by atoms with Crippen molar-refractivity contribution in [3.05, 3.63) is 0 Å². The van der Waals surface area contributed by atoms with Gasteiger partial charge < -0.3 is 5.11 Å². The van der Waals surface area contributed by atoms with Crippen LogP contribution in [0.25, 0.3) is 0 Å². The third-order valence-corrected chi connectivity index (χ3v) is 2.55. The standard InChI is InChI=1S/C7H12BF3O/c1-8-4-5(12)6(2-3-6)7(9,10)11/h5,8,12H,2-4H2,1H3. The van der Waals surface area contributed by atoms with Crippen LogP contribution in [0.1, 0.15) is 12.8 Å². The zero-order chi connectivity index (χ0) is 9.41. The van der Waals surface area contributed by atoms with Crippen molar-refractivity contribution in [3.8, 4) is 0 Å². The number of hydrogen-bond donors (Lipinski definition) is 1. The Morgan fingerprint density at radius 2 is 2.00 bits per heavy atom. The van der Waals surface area contributed by atoms with Crippen molar-refractivity contribution in [2.45, 2.75) is 38.3 Å². The molecule has 1 nitrogen and oxygen atoms in total. The Hall–Kier alpha value is -0.185. The molecule has 0 radical (unpaired) electrons. The minimum absolute atomic E-state index is 0.0949. The first-order valence-corrected chi connectivity index (χ1v) is 4.19. The van der Waals surface area contributed by atoms with Crippen molar-refractivity contribution in [1.29, 1.82) is 0 Å². The van der Waals surface area contributed by atoms with Crippen LogP contribution in [0.3, 0.4) is 0 Å². The summed E-state index contributed by atoms with van der Waals surface area (Å²) in [5.41, 5.74) is -1.75. The molecule has 0 spiro atoms. The summed E-state index contributed by atoms with van der Waals surface area (Å²) >= 11 is 0.